The monoisotopic (exact) mass is 161 g/mol. The molecule has 0 aromatic rings. The minimum absolute atomic E-state index is 0.315. The Labute approximate surface area is 64.8 Å². The van der Waals surface area contributed by atoms with Gasteiger partial charge in [0.05, 0.1) is 20.3 Å². The number of nitrogens with zero attached hydrogens (tertiary/aromatic N) is 1. The molecule has 0 aliphatic carbocycles. The zero-order valence-electron chi connectivity index (χ0n) is 6.57. The van der Waals surface area contributed by atoms with Crippen LogP contribution in [0.3, 0.4) is 0 Å². The molecular formula is C6H11NO4. The topological polar surface area (TPSA) is 48.0 Å². The summed E-state index contributed by atoms with van der Waals surface area (Å²) in [6.07, 6.45) is -0.778. The molecule has 0 spiro atoms. The van der Waals surface area contributed by atoms with Gasteiger partial charge in [0, 0.05) is 7.05 Å². The Bertz CT molecular complexity index is 144. The van der Waals surface area contributed by atoms with Crippen molar-refractivity contribution in [1.29, 1.82) is 0 Å². The van der Waals surface area contributed by atoms with E-state index >= 15 is 0 Å². The summed E-state index contributed by atoms with van der Waals surface area (Å²) in [5.74, 6) is -0.315. The summed E-state index contributed by atoms with van der Waals surface area (Å²) >= 11 is 0. The van der Waals surface area contributed by atoms with E-state index in [1.165, 1.54) is 14.2 Å². The standard InChI is InChI=1S/C6H11NO4/c1-7(9-2)5(8)6-10-3-4-11-6/h6H,3-4H2,1-2H3. The Morgan fingerprint density at radius 2 is 2.09 bits per heavy atom. The smallest absolute Gasteiger partial charge is 0.302 e. The quantitative estimate of drug-likeness (QED) is 0.506. The Morgan fingerprint density at radius 1 is 1.55 bits per heavy atom. The predicted octanol–water partition coefficient (Wildman–Crippen LogP) is -0.621. The van der Waals surface area contributed by atoms with Crippen LogP contribution in [0.15, 0.2) is 0 Å². The van der Waals surface area contributed by atoms with E-state index in [1.807, 2.05) is 0 Å². The lowest BCUT2D eigenvalue weighted by atomic mass is 10.6. The first-order valence-corrected chi connectivity index (χ1v) is 3.30. The maximum atomic E-state index is 11.1. The average Bonchev–Trinajstić information content (AvgIpc) is 2.53. The van der Waals surface area contributed by atoms with Crippen LogP contribution in [0.5, 0.6) is 0 Å². The molecule has 1 aliphatic rings. The highest BCUT2D eigenvalue weighted by Crippen LogP contribution is 2.06. The average molecular weight is 161 g/mol. The van der Waals surface area contributed by atoms with E-state index in [2.05, 4.69) is 4.84 Å². The lowest BCUT2D eigenvalue weighted by Crippen LogP contribution is -2.36. The van der Waals surface area contributed by atoms with E-state index < -0.39 is 6.29 Å². The largest absolute Gasteiger partial charge is 0.342 e. The SMILES string of the molecule is CON(C)C(=O)C1OCCO1. The number of ether oxygens (including phenoxy) is 2. The zero-order chi connectivity index (χ0) is 8.27. The van der Waals surface area contributed by atoms with Crippen LogP contribution in [0.25, 0.3) is 0 Å². The predicted molar refractivity (Wildman–Crippen MR) is 35.5 cm³/mol. The number of carbonyl (C=O) groups excluding carboxylic acids is 1. The highest BCUT2D eigenvalue weighted by molar-refractivity contribution is 5.78. The van der Waals surface area contributed by atoms with Crippen LogP contribution in [0.1, 0.15) is 0 Å². The molecule has 0 N–H and O–H groups in total. The summed E-state index contributed by atoms with van der Waals surface area (Å²) in [6.45, 7) is 0.932. The first-order chi connectivity index (χ1) is 5.25. The Morgan fingerprint density at radius 3 is 2.55 bits per heavy atom. The number of hydroxylamine groups is 2. The van der Waals surface area contributed by atoms with Gasteiger partial charge in [-0.25, -0.2) is 5.06 Å². The normalized spacial score (nSPS) is 18.7. The van der Waals surface area contributed by atoms with Crippen molar-refractivity contribution in [1.82, 2.24) is 5.06 Å². The third kappa shape index (κ3) is 1.89. The molecule has 0 radical (unpaired) electrons. The highest BCUT2D eigenvalue weighted by atomic mass is 16.7. The summed E-state index contributed by atoms with van der Waals surface area (Å²) in [4.78, 5) is 15.8. The van der Waals surface area contributed by atoms with E-state index in [-0.39, 0.29) is 5.91 Å². The summed E-state index contributed by atoms with van der Waals surface area (Å²) < 4.78 is 9.89. The lowest BCUT2D eigenvalue weighted by molar-refractivity contribution is -0.193. The minimum Gasteiger partial charge on any atom is -0.342 e. The van der Waals surface area contributed by atoms with Crippen molar-refractivity contribution in [2.45, 2.75) is 6.29 Å². The molecule has 1 saturated heterocycles. The van der Waals surface area contributed by atoms with Gasteiger partial charge >= 0.3 is 5.91 Å². The molecule has 0 atom stereocenters. The van der Waals surface area contributed by atoms with Crippen LogP contribution in [0.4, 0.5) is 0 Å². The van der Waals surface area contributed by atoms with Gasteiger partial charge in [-0.3, -0.25) is 9.63 Å². The summed E-state index contributed by atoms with van der Waals surface area (Å²) in [5.41, 5.74) is 0. The Kier molecular flexibility index (Phi) is 2.81. The molecule has 64 valence electrons. The number of hydrogen-bond acceptors (Lipinski definition) is 4. The maximum Gasteiger partial charge on any atom is 0.302 e. The number of rotatable bonds is 2. The van der Waals surface area contributed by atoms with Gasteiger partial charge in [0.25, 0.3) is 0 Å². The third-order valence-electron chi connectivity index (χ3n) is 1.41. The molecule has 1 amide bonds. The first-order valence-electron chi connectivity index (χ1n) is 3.30. The van der Waals surface area contributed by atoms with Gasteiger partial charge in [-0.05, 0) is 0 Å². The van der Waals surface area contributed by atoms with Crippen molar-refractivity contribution >= 4 is 5.91 Å². The van der Waals surface area contributed by atoms with Gasteiger partial charge in [0.1, 0.15) is 0 Å². The molecule has 0 aromatic heterocycles. The van der Waals surface area contributed by atoms with Crippen LogP contribution < -0.4 is 0 Å². The van der Waals surface area contributed by atoms with Crippen molar-refractivity contribution < 1.29 is 19.1 Å². The van der Waals surface area contributed by atoms with E-state index in [9.17, 15) is 4.79 Å². The van der Waals surface area contributed by atoms with Gasteiger partial charge < -0.3 is 9.47 Å². The van der Waals surface area contributed by atoms with Crippen molar-refractivity contribution in [2.75, 3.05) is 27.4 Å². The third-order valence-corrected chi connectivity index (χ3v) is 1.41. The molecule has 0 unspecified atom stereocenters. The minimum atomic E-state index is -0.778. The van der Waals surface area contributed by atoms with Crippen molar-refractivity contribution in [3.63, 3.8) is 0 Å². The summed E-state index contributed by atoms with van der Waals surface area (Å²) in [5, 5.41) is 1.08. The van der Waals surface area contributed by atoms with E-state index in [1.54, 1.807) is 0 Å². The molecule has 1 aliphatic heterocycles. The van der Waals surface area contributed by atoms with Crippen molar-refractivity contribution in [3.8, 4) is 0 Å². The molecule has 0 aromatic carbocycles. The van der Waals surface area contributed by atoms with Crippen LogP contribution in [0, 0.1) is 0 Å². The molecule has 1 rings (SSSR count). The first kappa shape index (κ1) is 8.45. The van der Waals surface area contributed by atoms with E-state index in [0.717, 1.165) is 5.06 Å². The Hall–Kier alpha value is -0.650. The number of likely N-dealkylation sites (N-methyl/N-ethyl adjacent to an activating group) is 1. The van der Waals surface area contributed by atoms with Gasteiger partial charge in [0.2, 0.25) is 6.29 Å². The molecule has 11 heavy (non-hydrogen) atoms. The maximum absolute atomic E-state index is 11.1. The number of hydrogen-bond donors (Lipinski definition) is 0. The molecular weight excluding hydrogens is 150 g/mol. The second-order valence-electron chi connectivity index (χ2n) is 2.09. The fourth-order valence-corrected chi connectivity index (χ4v) is 0.739. The van der Waals surface area contributed by atoms with E-state index in [4.69, 9.17) is 9.47 Å². The molecule has 0 saturated carbocycles. The second-order valence-corrected chi connectivity index (χ2v) is 2.09. The van der Waals surface area contributed by atoms with Crippen LogP contribution in [-0.4, -0.2) is 44.6 Å². The molecule has 0 bridgehead atoms. The summed E-state index contributed by atoms with van der Waals surface area (Å²) in [6, 6.07) is 0. The van der Waals surface area contributed by atoms with Gasteiger partial charge in [-0.2, -0.15) is 0 Å². The van der Waals surface area contributed by atoms with Crippen molar-refractivity contribution in [2.24, 2.45) is 0 Å². The molecule has 5 heteroatoms. The number of carbonyl (C=O) groups is 1. The van der Waals surface area contributed by atoms with Crippen LogP contribution >= 0.6 is 0 Å². The van der Waals surface area contributed by atoms with Gasteiger partial charge in [-0.15, -0.1) is 0 Å². The van der Waals surface area contributed by atoms with Gasteiger partial charge in [-0.1, -0.05) is 0 Å². The fourth-order valence-electron chi connectivity index (χ4n) is 0.739. The highest BCUT2D eigenvalue weighted by Gasteiger charge is 2.27. The van der Waals surface area contributed by atoms with Crippen molar-refractivity contribution in [3.05, 3.63) is 0 Å². The molecule has 1 fully saturated rings. The Balaban J connectivity index is 2.39. The van der Waals surface area contributed by atoms with Gasteiger partial charge in [0.15, 0.2) is 0 Å². The fraction of sp³-hybridized carbons (Fsp3) is 0.833. The lowest BCUT2D eigenvalue weighted by Gasteiger charge is -2.16. The molecule has 1 heterocycles. The van der Waals surface area contributed by atoms with Crippen LogP contribution in [-0.2, 0) is 19.1 Å². The second kappa shape index (κ2) is 3.66. The number of amides is 1. The zero-order valence-corrected chi connectivity index (χ0v) is 6.57. The molecule has 5 nitrogen and oxygen atoms in total. The van der Waals surface area contributed by atoms with E-state index in [0.29, 0.717) is 13.2 Å². The van der Waals surface area contributed by atoms with Crippen LogP contribution in [0.2, 0.25) is 0 Å². The summed E-state index contributed by atoms with van der Waals surface area (Å²) in [7, 11) is 2.92.